The molecule has 6 heteroatoms. The van der Waals surface area contributed by atoms with E-state index in [1.807, 2.05) is 18.2 Å². The number of methoxy groups -OCH3 is 1. The number of furan rings is 1. The summed E-state index contributed by atoms with van der Waals surface area (Å²) in [4.78, 5) is 24.2. The summed E-state index contributed by atoms with van der Waals surface area (Å²) < 4.78 is 9.92. The van der Waals surface area contributed by atoms with E-state index in [0.717, 1.165) is 0 Å². The van der Waals surface area contributed by atoms with Crippen molar-refractivity contribution in [2.75, 3.05) is 12.1 Å². The number of hydrogen-bond acceptors (Lipinski definition) is 5. The third-order valence-electron chi connectivity index (χ3n) is 3.32. The molecule has 2 heterocycles. The maximum Gasteiger partial charge on any atom is 0.311 e. The topological polar surface area (TPSA) is 72.1 Å². The molecule has 6 nitrogen and oxygen atoms in total. The summed E-state index contributed by atoms with van der Waals surface area (Å²) in [5.41, 5.74) is 1.29. The van der Waals surface area contributed by atoms with Crippen LogP contribution in [0.3, 0.4) is 0 Å². The van der Waals surface area contributed by atoms with Crippen LogP contribution in [-0.4, -0.2) is 24.7 Å². The molecule has 0 saturated heterocycles. The Morgan fingerprint density at radius 3 is 2.70 bits per heavy atom. The van der Waals surface area contributed by atoms with Crippen LogP contribution >= 0.6 is 0 Å². The molecule has 0 N–H and O–H groups in total. The van der Waals surface area contributed by atoms with Crippen LogP contribution in [-0.2, 0) is 14.3 Å². The smallest absolute Gasteiger partial charge is 0.311 e. The van der Waals surface area contributed by atoms with Crippen LogP contribution in [0.5, 0.6) is 0 Å². The summed E-state index contributed by atoms with van der Waals surface area (Å²) in [6.45, 7) is 0. The number of hydrazone groups is 1. The Bertz CT molecular complexity index is 776. The summed E-state index contributed by atoms with van der Waals surface area (Å²) in [5.74, 6) is -0.260. The molecule has 1 amide bonds. The average molecular weight is 310 g/mol. The van der Waals surface area contributed by atoms with Crippen molar-refractivity contribution in [2.24, 2.45) is 5.10 Å². The van der Waals surface area contributed by atoms with Gasteiger partial charge in [-0.05, 0) is 30.3 Å². The molecule has 0 spiro atoms. The molecule has 0 aliphatic carbocycles. The Hall–Kier alpha value is -3.15. The molecule has 23 heavy (non-hydrogen) atoms. The number of carbonyl (C=O) groups is 2. The predicted molar refractivity (Wildman–Crippen MR) is 84.7 cm³/mol. The second-order valence-corrected chi connectivity index (χ2v) is 4.83. The first kappa shape index (κ1) is 14.8. The van der Waals surface area contributed by atoms with Gasteiger partial charge in [0.2, 0.25) is 0 Å². The molecule has 116 valence electrons. The lowest BCUT2D eigenvalue weighted by Gasteiger charge is -2.10. The molecular formula is C17H14N2O4. The number of benzene rings is 1. The van der Waals surface area contributed by atoms with Gasteiger partial charge in [-0.3, -0.25) is 9.59 Å². The van der Waals surface area contributed by atoms with E-state index in [2.05, 4.69) is 9.84 Å². The minimum absolute atomic E-state index is 0.0852. The predicted octanol–water partition coefficient (Wildman–Crippen LogP) is 2.63. The van der Waals surface area contributed by atoms with E-state index in [-0.39, 0.29) is 12.3 Å². The molecule has 2 aromatic rings. The highest BCUT2D eigenvalue weighted by molar-refractivity contribution is 6.34. The fourth-order valence-corrected chi connectivity index (χ4v) is 2.20. The van der Waals surface area contributed by atoms with Crippen molar-refractivity contribution in [1.29, 1.82) is 0 Å². The van der Waals surface area contributed by atoms with Crippen LogP contribution in [0.1, 0.15) is 12.2 Å². The lowest BCUT2D eigenvalue weighted by Crippen LogP contribution is -2.21. The van der Waals surface area contributed by atoms with Crippen LogP contribution in [0.2, 0.25) is 0 Å². The van der Waals surface area contributed by atoms with E-state index < -0.39 is 5.97 Å². The molecular weight excluding hydrogens is 296 g/mol. The number of anilines is 1. The van der Waals surface area contributed by atoms with Crippen molar-refractivity contribution < 1.29 is 18.7 Å². The fraction of sp³-hybridized carbons (Fsp3) is 0.118. The van der Waals surface area contributed by atoms with Crippen molar-refractivity contribution in [1.82, 2.24) is 0 Å². The lowest BCUT2D eigenvalue weighted by atomic mass is 10.1. The Morgan fingerprint density at radius 2 is 2.04 bits per heavy atom. The first-order valence-electron chi connectivity index (χ1n) is 6.98. The van der Waals surface area contributed by atoms with Gasteiger partial charge in [0.15, 0.2) is 0 Å². The summed E-state index contributed by atoms with van der Waals surface area (Å²) in [6, 6.07) is 12.5. The quantitative estimate of drug-likeness (QED) is 0.643. The molecule has 1 aromatic carbocycles. The van der Waals surface area contributed by atoms with E-state index >= 15 is 0 Å². The molecule has 1 aromatic heterocycles. The standard InChI is InChI=1S/C17H14N2O4/c1-22-16(20)11-15-14(10-13-8-5-9-23-13)17(21)19(18-15)12-6-3-2-4-7-12/h2-10H,11H2,1H3/b14-10-. The maximum atomic E-state index is 12.7. The van der Waals surface area contributed by atoms with Crippen molar-refractivity contribution in [3.63, 3.8) is 0 Å². The number of hydrogen-bond donors (Lipinski definition) is 0. The average Bonchev–Trinajstić information content (AvgIpc) is 3.19. The maximum absolute atomic E-state index is 12.7. The van der Waals surface area contributed by atoms with E-state index in [0.29, 0.717) is 22.7 Å². The number of ether oxygens (including phenoxy) is 1. The van der Waals surface area contributed by atoms with Gasteiger partial charge in [0, 0.05) is 0 Å². The number of esters is 1. The summed E-state index contributed by atoms with van der Waals surface area (Å²) in [7, 11) is 1.30. The van der Waals surface area contributed by atoms with Crippen LogP contribution in [0, 0.1) is 0 Å². The molecule has 3 rings (SSSR count). The van der Waals surface area contributed by atoms with E-state index in [1.165, 1.54) is 18.4 Å². The van der Waals surface area contributed by atoms with Gasteiger partial charge in [0.25, 0.3) is 5.91 Å². The first-order valence-corrected chi connectivity index (χ1v) is 6.98. The Labute approximate surface area is 132 Å². The zero-order valence-electron chi connectivity index (χ0n) is 12.4. The molecule has 0 bridgehead atoms. The Balaban J connectivity index is 1.99. The van der Waals surface area contributed by atoms with Gasteiger partial charge in [-0.25, -0.2) is 0 Å². The van der Waals surface area contributed by atoms with E-state index in [1.54, 1.807) is 30.3 Å². The largest absolute Gasteiger partial charge is 0.469 e. The number of carbonyl (C=O) groups excluding carboxylic acids is 2. The second-order valence-electron chi connectivity index (χ2n) is 4.83. The molecule has 0 fully saturated rings. The van der Waals surface area contributed by atoms with Crippen molar-refractivity contribution >= 4 is 29.4 Å². The van der Waals surface area contributed by atoms with Crippen LogP contribution in [0.4, 0.5) is 5.69 Å². The third-order valence-corrected chi connectivity index (χ3v) is 3.32. The van der Waals surface area contributed by atoms with Gasteiger partial charge in [-0.15, -0.1) is 0 Å². The molecule has 1 aliphatic rings. The van der Waals surface area contributed by atoms with Crippen LogP contribution < -0.4 is 5.01 Å². The first-order chi connectivity index (χ1) is 11.2. The van der Waals surface area contributed by atoms with Gasteiger partial charge in [-0.1, -0.05) is 18.2 Å². The SMILES string of the molecule is COC(=O)CC1=NN(c2ccccc2)C(=O)/C1=C\c1ccco1. The zero-order valence-corrected chi connectivity index (χ0v) is 12.4. The highest BCUT2D eigenvalue weighted by Gasteiger charge is 2.32. The van der Waals surface area contributed by atoms with Gasteiger partial charge >= 0.3 is 5.97 Å². The second kappa shape index (κ2) is 6.31. The monoisotopic (exact) mass is 310 g/mol. The van der Waals surface area contributed by atoms with Gasteiger partial charge in [-0.2, -0.15) is 10.1 Å². The minimum Gasteiger partial charge on any atom is -0.469 e. The summed E-state index contributed by atoms with van der Waals surface area (Å²) in [5, 5.41) is 5.55. The number of para-hydroxylation sites is 1. The number of nitrogens with zero attached hydrogens (tertiary/aromatic N) is 2. The van der Waals surface area contributed by atoms with E-state index in [9.17, 15) is 9.59 Å². The number of amides is 1. The van der Waals surface area contributed by atoms with Crippen LogP contribution in [0.15, 0.2) is 63.8 Å². The summed E-state index contributed by atoms with van der Waals surface area (Å²) >= 11 is 0. The molecule has 0 unspecified atom stereocenters. The fourth-order valence-electron chi connectivity index (χ4n) is 2.20. The molecule has 0 radical (unpaired) electrons. The van der Waals surface area contributed by atoms with Gasteiger partial charge < -0.3 is 9.15 Å². The van der Waals surface area contributed by atoms with Gasteiger partial charge in [0.1, 0.15) is 5.76 Å². The zero-order chi connectivity index (χ0) is 16.2. The minimum atomic E-state index is -0.461. The van der Waals surface area contributed by atoms with Crippen molar-refractivity contribution in [2.45, 2.75) is 6.42 Å². The molecule has 1 aliphatic heterocycles. The number of rotatable bonds is 4. The van der Waals surface area contributed by atoms with Crippen LogP contribution in [0.25, 0.3) is 6.08 Å². The van der Waals surface area contributed by atoms with E-state index in [4.69, 9.17) is 4.42 Å². The van der Waals surface area contributed by atoms with Crippen molar-refractivity contribution in [3.05, 3.63) is 60.1 Å². The normalized spacial score (nSPS) is 15.9. The van der Waals surface area contributed by atoms with Crippen molar-refractivity contribution in [3.8, 4) is 0 Å². The lowest BCUT2D eigenvalue weighted by molar-refractivity contribution is -0.139. The Morgan fingerprint density at radius 1 is 1.26 bits per heavy atom. The third kappa shape index (κ3) is 3.06. The summed E-state index contributed by atoms with van der Waals surface area (Å²) in [6.07, 6.45) is 3.00. The Kier molecular flexibility index (Phi) is 4.05. The highest BCUT2D eigenvalue weighted by Crippen LogP contribution is 2.26. The molecule has 0 atom stereocenters. The van der Waals surface area contributed by atoms with Gasteiger partial charge in [0.05, 0.1) is 36.8 Å². The highest BCUT2D eigenvalue weighted by atomic mass is 16.5. The molecule has 0 saturated carbocycles.